The van der Waals surface area contributed by atoms with Gasteiger partial charge in [0.25, 0.3) is 0 Å². The van der Waals surface area contributed by atoms with E-state index in [0.29, 0.717) is 24.6 Å². The Bertz CT molecular complexity index is 931. The summed E-state index contributed by atoms with van der Waals surface area (Å²) in [7, 11) is 0. The molecule has 0 fully saturated rings. The Labute approximate surface area is 149 Å². The highest BCUT2D eigenvalue weighted by atomic mass is 35.5. The minimum Gasteiger partial charge on any atom is -0.352 e. The van der Waals surface area contributed by atoms with Gasteiger partial charge in [0, 0.05) is 24.5 Å². The van der Waals surface area contributed by atoms with Gasteiger partial charge in [-0.3, -0.25) is 4.79 Å². The summed E-state index contributed by atoms with van der Waals surface area (Å²) in [6.07, 6.45) is 2.96. The van der Waals surface area contributed by atoms with Gasteiger partial charge < -0.3 is 9.05 Å². The van der Waals surface area contributed by atoms with Crippen LogP contribution in [-0.2, 0) is 12.8 Å². The van der Waals surface area contributed by atoms with Crippen LogP contribution in [0.4, 0.5) is 0 Å². The number of fused-ring (bicyclic) bond motifs is 1. The van der Waals surface area contributed by atoms with E-state index >= 15 is 0 Å². The minimum atomic E-state index is -0.0768. The summed E-state index contributed by atoms with van der Waals surface area (Å²) in [5, 5.41) is 7.78. The molecule has 128 valence electrons. The summed E-state index contributed by atoms with van der Waals surface area (Å²) in [5.74, 6) is 1.55. The lowest BCUT2D eigenvalue weighted by molar-refractivity contribution is 0.0937. The third-order valence-corrected chi connectivity index (χ3v) is 4.74. The molecule has 3 aromatic rings. The first-order valence-corrected chi connectivity index (χ1v) is 8.63. The molecular formula is C18H16ClN3O3. The number of carbonyl (C=O) groups is 1. The molecule has 0 radical (unpaired) electrons. The second-order valence-corrected chi connectivity index (χ2v) is 6.54. The van der Waals surface area contributed by atoms with Crippen molar-refractivity contribution in [1.82, 2.24) is 15.3 Å². The molecule has 0 amide bonds. The van der Waals surface area contributed by atoms with Gasteiger partial charge in [0.05, 0.1) is 0 Å². The van der Waals surface area contributed by atoms with Crippen LogP contribution < -0.4 is 0 Å². The van der Waals surface area contributed by atoms with Gasteiger partial charge in [-0.05, 0) is 36.0 Å². The maximum absolute atomic E-state index is 12.3. The molecule has 1 aromatic carbocycles. The number of aryl methyl sites for hydroxylation is 2. The SMILES string of the molecule is CCc1nc(-c2ccc3c(c2)CC[C@H]3CC(=O)c2cc(Cl)no2)no1. The summed E-state index contributed by atoms with van der Waals surface area (Å²) < 4.78 is 10.1. The van der Waals surface area contributed by atoms with Gasteiger partial charge in [-0.25, -0.2) is 0 Å². The van der Waals surface area contributed by atoms with E-state index in [2.05, 4.69) is 27.4 Å². The van der Waals surface area contributed by atoms with Crippen molar-refractivity contribution < 1.29 is 13.8 Å². The minimum absolute atomic E-state index is 0.0768. The quantitative estimate of drug-likeness (QED) is 0.635. The highest BCUT2D eigenvalue weighted by Gasteiger charge is 2.27. The number of benzene rings is 1. The Kier molecular flexibility index (Phi) is 4.13. The van der Waals surface area contributed by atoms with E-state index in [4.69, 9.17) is 20.6 Å². The molecule has 0 saturated carbocycles. The average Bonchev–Trinajstić information content (AvgIpc) is 3.34. The Morgan fingerprint density at radius 2 is 2.16 bits per heavy atom. The maximum atomic E-state index is 12.3. The Morgan fingerprint density at radius 1 is 1.28 bits per heavy atom. The average molecular weight is 358 g/mol. The zero-order valence-corrected chi connectivity index (χ0v) is 14.4. The molecule has 2 heterocycles. The van der Waals surface area contributed by atoms with Crippen LogP contribution in [-0.4, -0.2) is 21.1 Å². The van der Waals surface area contributed by atoms with Crippen LogP contribution in [0.15, 0.2) is 33.3 Å². The van der Waals surface area contributed by atoms with Crippen molar-refractivity contribution in [2.75, 3.05) is 0 Å². The van der Waals surface area contributed by atoms with E-state index in [1.807, 2.05) is 13.0 Å². The van der Waals surface area contributed by atoms with E-state index in [0.717, 1.165) is 18.4 Å². The van der Waals surface area contributed by atoms with Crippen LogP contribution in [0.3, 0.4) is 0 Å². The molecule has 1 aliphatic carbocycles. The highest BCUT2D eigenvalue weighted by Crippen LogP contribution is 2.38. The molecule has 4 rings (SSSR count). The number of halogens is 1. The van der Waals surface area contributed by atoms with E-state index < -0.39 is 0 Å². The monoisotopic (exact) mass is 357 g/mol. The number of carbonyl (C=O) groups excluding carboxylic acids is 1. The molecule has 0 spiro atoms. The Hall–Kier alpha value is -2.47. The number of Topliss-reactive ketones (excluding diaryl/α,β-unsaturated/α-hetero) is 1. The van der Waals surface area contributed by atoms with E-state index in [1.54, 1.807) is 0 Å². The predicted octanol–water partition coefficient (Wildman–Crippen LogP) is 4.24. The van der Waals surface area contributed by atoms with Crippen LogP contribution in [0.2, 0.25) is 5.15 Å². The summed E-state index contributed by atoms with van der Waals surface area (Å²) in [4.78, 5) is 16.7. The van der Waals surface area contributed by atoms with Crippen molar-refractivity contribution in [2.24, 2.45) is 0 Å². The molecule has 0 unspecified atom stereocenters. The molecule has 1 aliphatic rings. The van der Waals surface area contributed by atoms with Crippen molar-refractivity contribution in [2.45, 2.75) is 38.5 Å². The summed E-state index contributed by atoms with van der Waals surface area (Å²) >= 11 is 5.71. The molecule has 1 atom stereocenters. The molecule has 25 heavy (non-hydrogen) atoms. The van der Waals surface area contributed by atoms with Crippen molar-refractivity contribution in [3.05, 3.63) is 52.2 Å². The van der Waals surface area contributed by atoms with Crippen molar-refractivity contribution >= 4 is 17.4 Å². The number of ketones is 1. The third kappa shape index (κ3) is 3.09. The number of hydrogen-bond donors (Lipinski definition) is 0. The molecule has 0 saturated heterocycles. The van der Waals surface area contributed by atoms with Gasteiger partial charge in [0.15, 0.2) is 5.15 Å². The van der Waals surface area contributed by atoms with Crippen molar-refractivity contribution in [3.8, 4) is 11.4 Å². The molecule has 0 bridgehead atoms. The van der Waals surface area contributed by atoms with Crippen LogP contribution in [0.1, 0.15) is 53.3 Å². The van der Waals surface area contributed by atoms with E-state index in [9.17, 15) is 4.79 Å². The number of rotatable bonds is 5. The molecule has 6 nitrogen and oxygen atoms in total. The second kappa shape index (κ2) is 6.44. The maximum Gasteiger partial charge on any atom is 0.226 e. The number of aromatic nitrogens is 3. The number of nitrogens with zero attached hydrogens (tertiary/aromatic N) is 3. The van der Waals surface area contributed by atoms with E-state index in [1.165, 1.54) is 17.2 Å². The van der Waals surface area contributed by atoms with Crippen LogP contribution in [0.25, 0.3) is 11.4 Å². The van der Waals surface area contributed by atoms with E-state index in [-0.39, 0.29) is 22.6 Å². The molecule has 7 heteroatoms. The largest absolute Gasteiger partial charge is 0.352 e. The first kappa shape index (κ1) is 16.0. The summed E-state index contributed by atoms with van der Waals surface area (Å²) in [6.45, 7) is 1.98. The number of hydrogen-bond acceptors (Lipinski definition) is 6. The van der Waals surface area contributed by atoms with Gasteiger partial charge in [0.1, 0.15) is 0 Å². The van der Waals surface area contributed by atoms with Gasteiger partial charge in [-0.1, -0.05) is 41.0 Å². The van der Waals surface area contributed by atoms with Crippen LogP contribution >= 0.6 is 11.6 Å². The van der Waals surface area contributed by atoms with Gasteiger partial charge in [0.2, 0.25) is 23.3 Å². The van der Waals surface area contributed by atoms with Crippen molar-refractivity contribution in [3.63, 3.8) is 0 Å². The Balaban J connectivity index is 1.54. The fourth-order valence-electron chi connectivity index (χ4n) is 3.28. The van der Waals surface area contributed by atoms with Crippen molar-refractivity contribution in [1.29, 1.82) is 0 Å². The summed E-state index contributed by atoms with van der Waals surface area (Å²) in [5.41, 5.74) is 3.37. The highest BCUT2D eigenvalue weighted by molar-refractivity contribution is 6.29. The van der Waals surface area contributed by atoms with Gasteiger partial charge in [-0.2, -0.15) is 4.98 Å². The van der Waals surface area contributed by atoms with Gasteiger partial charge >= 0.3 is 0 Å². The van der Waals surface area contributed by atoms with Gasteiger partial charge in [-0.15, -0.1) is 0 Å². The smallest absolute Gasteiger partial charge is 0.226 e. The lowest BCUT2D eigenvalue weighted by Gasteiger charge is -2.10. The molecule has 0 N–H and O–H groups in total. The first-order valence-electron chi connectivity index (χ1n) is 8.25. The zero-order valence-electron chi connectivity index (χ0n) is 13.7. The predicted molar refractivity (Wildman–Crippen MR) is 90.6 cm³/mol. The second-order valence-electron chi connectivity index (χ2n) is 6.16. The molecule has 0 aliphatic heterocycles. The normalized spacial score (nSPS) is 16.2. The van der Waals surface area contributed by atoms with Crippen LogP contribution in [0, 0.1) is 0 Å². The standard InChI is InChI=1S/C18H16ClN3O3/c1-2-17-20-18(22-25-17)12-5-6-13-10(7-12)3-4-11(13)8-14(23)15-9-16(19)21-24-15/h5-7,9,11H,2-4,8H2,1H3/t11-/m0/s1. The lowest BCUT2D eigenvalue weighted by atomic mass is 9.94. The lowest BCUT2D eigenvalue weighted by Crippen LogP contribution is -2.04. The zero-order chi connectivity index (χ0) is 17.4. The third-order valence-electron chi connectivity index (χ3n) is 4.56. The molecule has 2 aromatic heterocycles. The first-order chi connectivity index (χ1) is 12.1. The van der Waals surface area contributed by atoms with Crippen LogP contribution in [0.5, 0.6) is 0 Å². The fourth-order valence-corrected chi connectivity index (χ4v) is 3.42. The summed E-state index contributed by atoms with van der Waals surface area (Å²) in [6, 6.07) is 7.60. The fraction of sp³-hybridized carbons (Fsp3) is 0.333. The Morgan fingerprint density at radius 3 is 2.88 bits per heavy atom. The topological polar surface area (TPSA) is 82.0 Å². The molecular weight excluding hydrogens is 342 g/mol.